The highest BCUT2D eigenvalue weighted by Gasteiger charge is 2.24. The van der Waals surface area contributed by atoms with Crippen LogP contribution >= 0.6 is 15.9 Å². The molecule has 5 nitrogen and oxygen atoms in total. The van der Waals surface area contributed by atoms with E-state index in [2.05, 4.69) is 20.9 Å². The summed E-state index contributed by atoms with van der Waals surface area (Å²) in [5, 5.41) is 0. The molecule has 2 heterocycles. The van der Waals surface area contributed by atoms with E-state index >= 15 is 0 Å². The van der Waals surface area contributed by atoms with Gasteiger partial charge >= 0.3 is 5.97 Å². The Balaban J connectivity index is 1.93. The number of ether oxygens (including phenoxy) is 2. The van der Waals surface area contributed by atoms with E-state index in [1.165, 1.54) is 12.3 Å². The number of hydrogen-bond acceptors (Lipinski definition) is 5. The summed E-state index contributed by atoms with van der Waals surface area (Å²) in [6, 6.07) is 8.78. The maximum Gasteiger partial charge on any atom is 0.363 e. The summed E-state index contributed by atoms with van der Waals surface area (Å²) in [6.45, 7) is 0. The van der Waals surface area contributed by atoms with Crippen molar-refractivity contribution < 1.29 is 18.7 Å². The Labute approximate surface area is 129 Å². The summed E-state index contributed by atoms with van der Waals surface area (Å²) in [6.07, 6.45) is 3.06. The van der Waals surface area contributed by atoms with E-state index in [1.807, 2.05) is 0 Å². The van der Waals surface area contributed by atoms with Crippen LogP contribution in [0.4, 0.5) is 0 Å². The van der Waals surface area contributed by atoms with Gasteiger partial charge in [0.25, 0.3) is 0 Å². The molecule has 2 aromatic rings. The van der Waals surface area contributed by atoms with Crippen LogP contribution in [0, 0.1) is 0 Å². The quantitative estimate of drug-likeness (QED) is 0.630. The molecule has 0 N–H and O–H groups in total. The predicted molar refractivity (Wildman–Crippen MR) is 80.0 cm³/mol. The molecule has 0 saturated carbocycles. The van der Waals surface area contributed by atoms with Crippen LogP contribution in [0.2, 0.25) is 0 Å². The van der Waals surface area contributed by atoms with Gasteiger partial charge in [-0.05, 0) is 46.3 Å². The van der Waals surface area contributed by atoms with Crippen LogP contribution in [0.5, 0.6) is 5.75 Å². The molecule has 1 aromatic carbocycles. The number of benzene rings is 1. The second-order valence-corrected chi connectivity index (χ2v) is 5.06. The lowest BCUT2D eigenvalue weighted by atomic mass is 10.2. The van der Waals surface area contributed by atoms with E-state index in [9.17, 15) is 4.79 Å². The van der Waals surface area contributed by atoms with Gasteiger partial charge in [0.2, 0.25) is 5.90 Å². The number of carbonyl (C=O) groups excluding carboxylic acids is 1. The number of rotatable bonds is 3. The minimum Gasteiger partial charge on any atom is -0.496 e. The Hall–Kier alpha value is -2.34. The molecule has 0 bridgehead atoms. The molecular weight excluding hydrogens is 338 g/mol. The fourth-order valence-electron chi connectivity index (χ4n) is 1.84. The zero-order valence-corrected chi connectivity index (χ0v) is 12.6. The molecule has 0 fully saturated rings. The second-order valence-electron chi connectivity index (χ2n) is 4.20. The van der Waals surface area contributed by atoms with Gasteiger partial charge in [0.1, 0.15) is 11.5 Å². The van der Waals surface area contributed by atoms with Crippen LogP contribution in [-0.4, -0.2) is 19.0 Å². The first-order valence-electron chi connectivity index (χ1n) is 6.07. The van der Waals surface area contributed by atoms with Crippen molar-refractivity contribution in [3.63, 3.8) is 0 Å². The lowest BCUT2D eigenvalue weighted by molar-refractivity contribution is -0.129. The predicted octanol–water partition coefficient (Wildman–Crippen LogP) is 3.40. The zero-order chi connectivity index (χ0) is 14.8. The standard InChI is InChI=1S/C15H10BrNO4/c1-19-13-5-4-9(7-11(13)16)14-17-12(15(18)21-14)8-10-3-2-6-20-10/h2-8H,1H3. The van der Waals surface area contributed by atoms with E-state index in [1.54, 1.807) is 37.4 Å². The molecule has 3 rings (SSSR count). The van der Waals surface area contributed by atoms with Gasteiger partial charge in [0.15, 0.2) is 5.70 Å². The van der Waals surface area contributed by atoms with Crippen molar-refractivity contribution in [2.45, 2.75) is 0 Å². The first kappa shape index (κ1) is 13.6. The maximum atomic E-state index is 11.8. The molecule has 1 aromatic heterocycles. The molecule has 21 heavy (non-hydrogen) atoms. The molecule has 0 spiro atoms. The third kappa shape index (κ3) is 2.75. The third-order valence-electron chi connectivity index (χ3n) is 2.84. The minimum atomic E-state index is -0.506. The van der Waals surface area contributed by atoms with Gasteiger partial charge in [0.05, 0.1) is 17.8 Å². The van der Waals surface area contributed by atoms with Gasteiger partial charge in [-0.15, -0.1) is 0 Å². The van der Waals surface area contributed by atoms with Crippen LogP contribution in [-0.2, 0) is 9.53 Å². The monoisotopic (exact) mass is 347 g/mol. The number of methoxy groups -OCH3 is 1. The Bertz CT molecular complexity index is 747. The SMILES string of the molecule is COc1ccc(C2=NC(=Cc3ccco3)C(=O)O2)cc1Br. The van der Waals surface area contributed by atoms with E-state index < -0.39 is 5.97 Å². The van der Waals surface area contributed by atoms with Gasteiger partial charge in [-0.25, -0.2) is 9.79 Å². The van der Waals surface area contributed by atoms with Crippen molar-refractivity contribution in [3.8, 4) is 5.75 Å². The molecular formula is C15H10BrNO4. The van der Waals surface area contributed by atoms with E-state index in [0.717, 1.165) is 4.47 Å². The summed E-state index contributed by atoms with van der Waals surface area (Å²) in [7, 11) is 1.58. The number of furan rings is 1. The largest absolute Gasteiger partial charge is 0.496 e. The Morgan fingerprint density at radius 2 is 2.19 bits per heavy atom. The van der Waals surface area contributed by atoms with Crippen LogP contribution in [0.1, 0.15) is 11.3 Å². The van der Waals surface area contributed by atoms with Crippen LogP contribution in [0.15, 0.2) is 56.2 Å². The highest BCUT2D eigenvalue weighted by Crippen LogP contribution is 2.27. The van der Waals surface area contributed by atoms with Crippen molar-refractivity contribution in [2.24, 2.45) is 4.99 Å². The summed E-state index contributed by atoms with van der Waals surface area (Å²) >= 11 is 3.38. The van der Waals surface area contributed by atoms with Crippen molar-refractivity contribution in [3.05, 3.63) is 58.1 Å². The molecule has 0 unspecified atom stereocenters. The molecule has 1 aliphatic heterocycles. The lowest BCUT2D eigenvalue weighted by Gasteiger charge is -2.05. The minimum absolute atomic E-state index is 0.201. The zero-order valence-electron chi connectivity index (χ0n) is 11.0. The summed E-state index contributed by atoms with van der Waals surface area (Å²) in [5.74, 6) is 0.979. The molecule has 0 amide bonds. The number of carbonyl (C=O) groups is 1. The molecule has 1 aliphatic rings. The molecule has 106 valence electrons. The number of nitrogens with zero attached hydrogens (tertiary/aromatic N) is 1. The van der Waals surface area contributed by atoms with Crippen LogP contribution < -0.4 is 4.74 Å². The molecule has 0 atom stereocenters. The second kappa shape index (κ2) is 5.57. The molecule has 0 radical (unpaired) electrons. The highest BCUT2D eigenvalue weighted by molar-refractivity contribution is 9.10. The van der Waals surface area contributed by atoms with Crippen molar-refractivity contribution in [1.82, 2.24) is 0 Å². The van der Waals surface area contributed by atoms with E-state index in [4.69, 9.17) is 13.9 Å². The third-order valence-corrected chi connectivity index (χ3v) is 3.46. The van der Waals surface area contributed by atoms with Gasteiger partial charge in [0, 0.05) is 11.6 Å². The first-order chi connectivity index (χ1) is 10.2. The fourth-order valence-corrected chi connectivity index (χ4v) is 2.38. The summed E-state index contributed by atoms with van der Waals surface area (Å²) in [5.41, 5.74) is 0.880. The van der Waals surface area contributed by atoms with Gasteiger partial charge in [-0.1, -0.05) is 0 Å². The van der Waals surface area contributed by atoms with Crippen molar-refractivity contribution in [2.75, 3.05) is 7.11 Å². The normalized spacial score (nSPS) is 16.0. The molecule has 0 saturated heterocycles. The number of hydrogen-bond donors (Lipinski definition) is 0. The average Bonchev–Trinajstić information content (AvgIpc) is 3.10. The average molecular weight is 348 g/mol. The fraction of sp³-hybridized carbons (Fsp3) is 0.0667. The van der Waals surface area contributed by atoms with Crippen LogP contribution in [0.25, 0.3) is 6.08 Å². The Kier molecular flexibility index (Phi) is 3.62. The maximum absolute atomic E-state index is 11.8. The molecule has 0 aliphatic carbocycles. The van der Waals surface area contributed by atoms with Crippen molar-refractivity contribution >= 4 is 33.9 Å². The van der Waals surface area contributed by atoms with Crippen molar-refractivity contribution in [1.29, 1.82) is 0 Å². The smallest absolute Gasteiger partial charge is 0.363 e. The number of esters is 1. The number of halogens is 1. The van der Waals surface area contributed by atoms with E-state index in [-0.39, 0.29) is 11.6 Å². The van der Waals surface area contributed by atoms with Gasteiger partial charge in [-0.2, -0.15) is 0 Å². The molecule has 6 heteroatoms. The Morgan fingerprint density at radius 3 is 2.86 bits per heavy atom. The van der Waals surface area contributed by atoms with Gasteiger partial charge in [-0.3, -0.25) is 0 Å². The Morgan fingerprint density at radius 1 is 1.33 bits per heavy atom. The van der Waals surface area contributed by atoms with Crippen LogP contribution in [0.3, 0.4) is 0 Å². The lowest BCUT2D eigenvalue weighted by Crippen LogP contribution is -2.05. The number of aliphatic imine (C=N–C) groups is 1. The highest BCUT2D eigenvalue weighted by atomic mass is 79.9. The summed E-state index contributed by atoms with van der Waals surface area (Å²) in [4.78, 5) is 16.0. The number of cyclic esters (lactones) is 1. The van der Waals surface area contributed by atoms with E-state index in [0.29, 0.717) is 17.1 Å². The first-order valence-corrected chi connectivity index (χ1v) is 6.86. The summed E-state index contributed by atoms with van der Waals surface area (Å²) < 4.78 is 16.2. The topological polar surface area (TPSA) is 61.0 Å². The van der Waals surface area contributed by atoms with Gasteiger partial charge < -0.3 is 13.9 Å².